The van der Waals surface area contributed by atoms with Crippen LogP contribution in [0.1, 0.15) is 21.6 Å². The highest BCUT2D eigenvalue weighted by atomic mass is 19.4. The predicted molar refractivity (Wildman–Crippen MR) is 107 cm³/mol. The van der Waals surface area contributed by atoms with Crippen LogP contribution in [0.25, 0.3) is 16.7 Å². The Morgan fingerprint density at radius 1 is 0.967 bits per heavy atom. The number of hydrogen-bond donors (Lipinski definition) is 2. The van der Waals surface area contributed by atoms with Gasteiger partial charge in [-0.05, 0) is 42.0 Å². The number of aromatic amines is 1. The van der Waals surface area contributed by atoms with Gasteiger partial charge in [0.25, 0.3) is 11.5 Å². The van der Waals surface area contributed by atoms with Crippen LogP contribution in [0.5, 0.6) is 0 Å². The zero-order valence-corrected chi connectivity index (χ0v) is 15.5. The summed E-state index contributed by atoms with van der Waals surface area (Å²) in [5.41, 5.74) is 0.527. The van der Waals surface area contributed by atoms with Gasteiger partial charge in [-0.3, -0.25) is 14.2 Å². The first-order valence-corrected chi connectivity index (χ1v) is 9.07. The molecule has 0 unspecified atom stereocenters. The van der Waals surface area contributed by atoms with Gasteiger partial charge in [0.2, 0.25) is 0 Å². The number of H-pyrrole nitrogens is 1. The quantitative estimate of drug-likeness (QED) is 0.527. The lowest BCUT2D eigenvalue weighted by molar-refractivity contribution is -0.137. The van der Waals surface area contributed by atoms with Crippen LogP contribution in [-0.2, 0) is 12.7 Å². The molecule has 0 bridgehead atoms. The van der Waals surface area contributed by atoms with Crippen LogP contribution in [0.3, 0.4) is 0 Å². The summed E-state index contributed by atoms with van der Waals surface area (Å²) in [6.45, 7) is 0.334. The van der Waals surface area contributed by atoms with Crippen LogP contribution in [0.4, 0.5) is 13.2 Å². The van der Waals surface area contributed by atoms with Crippen LogP contribution in [-0.4, -0.2) is 15.5 Å². The molecule has 0 spiro atoms. The average molecular weight is 411 g/mol. The molecule has 0 saturated heterocycles. The maximum atomic E-state index is 12.8. The van der Waals surface area contributed by atoms with Gasteiger partial charge in [0, 0.05) is 18.0 Å². The Hall–Kier alpha value is -3.81. The number of pyridine rings is 1. The first kappa shape index (κ1) is 19.5. The Labute approximate surface area is 168 Å². The van der Waals surface area contributed by atoms with E-state index in [1.165, 1.54) is 22.8 Å². The number of fused-ring (bicyclic) bond motifs is 1. The van der Waals surface area contributed by atoms with E-state index in [0.29, 0.717) is 17.6 Å². The van der Waals surface area contributed by atoms with Gasteiger partial charge in [-0.25, -0.2) is 0 Å². The third kappa shape index (κ3) is 3.84. The van der Waals surface area contributed by atoms with Crippen molar-refractivity contribution in [3.8, 4) is 5.69 Å². The van der Waals surface area contributed by atoms with Gasteiger partial charge in [0.05, 0.1) is 11.3 Å². The monoisotopic (exact) mass is 411 g/mol. The zero-order valence-electron chi connectivity index (χ0n) is 15.5. The fourth-order valence-corrected chi connectivity index (χ4v) is 3.17. The summed E-state index contributed by atoms with van der Waals surface area (Å²) in [5.74, 6) is -0.360. The second-order valence-electron chi connectivity index (χ2n) is 6.71. The maximum Gasteiger partial charge on any atom is 0.416 e. The van der Waals surface area contributed by atoms with Crippen LogP contribution in [0, 0.1) is 0 Å². The molecule has 0 aliphatic rings. The number of halogens is 3. The standard InChI is InChI=1S/C22H16F3N3O2/c23-22(24,25)16-7-9-17(10-8-16)28-19(29)11-6-15-12-18(27-20(15)28)21(30)26-13-14-4-2-1-3-5-14/h1-12,27H,13H2,(H,26,30). The van der Waals surface area contributed by atoms with Crippen LogP contribution in [0.15, 0.2) is 77.6 Å². The number of carbonyl (C=O) groups excluding carboxylic acids is 1. The molecule has 2 aromatic carbocycles. The molecule has 0 aliphatic heterocycles. The van der Waals surface area contributed by atoms with Crippen molar-refractivity contribution in [1.29, 1.82) is 0 Å². The first-order valence-electron chi connectivity index (χ1n) is 9.07. The Bertz CT molecular complexity index is 1260. The molecule has 2 N–H and O–H groups in total. The average Bonchev–Trinajstić information content (AvgIpc) is 3.16. The lowest BCUT2D eigenvalue weighted by atomic mass is 10.2. The van der Waals surface area contributed by atoms with Gasteiger partial charge in [-0.15, -0.1) is 0 Å². The van der Waals surface area contributed by atoms with Crippen molar-refractivity contribution in [2.75, 3.05) is 0 Å². The Morgan fingerprint density at radius 3 is 2.33 bits per heavy atom. The largest absolute Gasteiger partial charge is 0.416 e. The second-order valence-corrected chi connectivity index (χ2v) is 6.71. The highest BCUT2D eigenvalue weighted by Gasteiger charge is 2.30. The lowest BCUT2D eigenvalue weighted by Gasteiger charge is -2.10. The van der Waals surface area contributed by atoms with E-state index in [0.717, 1.165) is 17.7 Å². The minimum Gasteiger partial charge on any atom is -0.347 e. The summed E-state index contributed by atoms with van der Waals surface area (Å²) in [6.07, 6.45) is -4.47. The third-order valence-corrected chi connectivity index (χ3v) is 4.67. The number of alkyl halides is 3. The molecule has 2 heterocycles. The fraction of sp³-hybridized carbons (Fsp3) is 0.0909. The van der Waals surface area contributed by atoms with Gasteiger partial charge < -0.3 is 10.3 Å². The third-order valence-electron chi connectivity index (χ3n) is 4.67. The molecule has 8 heteroatoms. The molecule has 0 atom stereocenters. The minimum atomic E-state index is -4.47. The summed E-state index contributed by atoms with van der Waals surface area (Å²) in [4.78, 5) is 27.9. The number of rotatable bonds is 4. The molecule has 1 amide bonds. The molecule has 4 aromatic rings. The number of nitrogens with one attached hydrogen (secondary N) is 2. The molecule has 0 saturated carbocycles. The minimum absolute atomic E-state index is 0.243. The molecule has 2 aromatic heterocycles. The molecule has 152 valence electrons. The van der Waals surface area contributed by atoms with E-state index >= 15 is 0 Å². The summed E-state index contributed by atoms with van der Waals surface area (Å²) < 4.78 is 39.7. The highest BCUT2D eigenvalue weighted by Crippen LogP contribution is 2.29. The molecular formula is C22H16F3N3O2. The topological polar surface area (TPSA) is 66.9 Å². The molecule has 4 rings (SSSR count). The number of aromatic nitrogens is 2. The number of hydrogen-bond acceptors (Lipinski definition) is 2. The van der Waals surface area contributed by atoms with Gasteiger partial charge in [-0.2, -0.15) is 13.2 Å². The molecule has 5 nitrogen and oxygen atoms in total. The van der Waals surface area contributed by atoms with Gasteiger partial charge >= 0.3 is 6.18 Å². The number of nitrogens with zero attached hydrogens (tertiary/aromatic N) is 1. The van der Waals surface area contributed by atoms with E-state index in [2.05, 4.69) is 10.3 Å². The van der Waals surface area contributed by atoms with Crippen molar-refractivity contribution in [2.45, 2.75) is 12.7 Å². The van der Waals surface area contributed by atoms with Crippen molar-refractivity contribution in [3.05, 3.63) is 100.0 Å². The summed E-state index contributed by atoms with van der Waals surface area (Å²) in [7, 11) is 0. The molecule has 0 radical (unpaired) electrons. The van der Waals surface area contributed by atoms with Gasteiger partial charge in [0.15, 0.2) is 0 Å². The molecule has 30 heavy (non-hydrogen) atoms. The van der Waals surface area contributed by atoms with E-state index in [4.69, 9.17) is 0 Å². The van der Waals surface area contributed by atoms with E-state index < -0.39 is 17.3 Å². The van der Waals surface area contributed by atoms with Crippen molar-refractivity contribution < 1.29 is 18.0 Å². The Kier molecular flexibility index (Phi) is 4.91. The normalized spacial score (nSPS) is 11.6. The lowest BCUT2D eigenvalue weighted by Crippen LogP contribution is -2.23. The summed E-state index contributed by atoms with van der Waals surface area (Å²) >= 11 is 0. The van der Waals surface area contributed by atoms with E-state index in [1.807, 2.05) is 30.3 Å². The summed E-state index contributed by atoms with van der Waals surface area (Å²) in [5, 5.41) is 3.37. The van der Waals surface area contributed by atoms with E-state index in [9.17, 15) is 22.8 Å². The second kappa shape index (κ2) is 7.55. The predicted octanol–water partition coefficient (Wildman–Crippen LogP) is 4.27. The maximum absolute atomic E-state index is 12.8. The Balaban J connectivity index is 1.66. The fourth-order valence-electron chi connectivity index (χ4n) is 3.17. The van der Waals surface area contributed by atoms with Crippen molar-refractivity contribution in [1.82, 2.24) is 14.9 Å². The van der Waals surface area contributed by atoms with Crippen LogP contribution >= 0.6 is 0 Å². The molecule has 0 aliphatic carbocycles. The van der Waals surface area contributed by atoms with E-state index in [-0.39, 0.29) is 17.3 Å². The van der Waals surface area contributed by atoms with Crippen molar-refractivity contribution in [2.24, 2.45) is 0 Å². The van der Waals surface area contributed by atoms with Crippen LogP contribution < -0.4 is 10.9 Å². The van der Waals surface area contributed by atoms with Gasteiger partial charge in [0.1, 0.15) is 11.3 Å². The molecular weight excluding hydrogens is 395 g/mol. The number of benzene rings is 2. The SMILES string of the molecule is O=C(NCc1ccccc1)c1cc2ccc(=O)n(-c3ccc(C(F)(F)F)cc3)c2[nH]1. The van der Waals surface area contributed by atoms with Gasteiger partial charge in [-0.1, -0.05) is 30.3 Å². The highest BCUT2D eigenvalue weighted by molar-refractivity contribution is 5.97. The van der Waals surface area contributed by atoms with E-state index in [1.54, 1.807) is 12.1 Å². The molecule has 0 fully saturated rings. The summed E-state index contributed by atoms with van der Waals surface area (Å²) in [6, 6.07) is 18.1. The first-order chi connectivity index (χ1) is 14.3. The van der Waals surface area contributed by atoms with Crippen molar-refractivity contribution in [3.63, 3.8) is 0 Å². The van der Waals surface area contributed by atoms with Crippen LogP contribution in [0.2, 0.25) is 0 Å². The van der Waals surface area contributed by atoms with Crippen molar-refractivity contribution >= 4 is 16.9 Å². The number of carbonyl (C=O) groups is 1. The number of amides is 1. The Morgan fingerprint density at radius 2 is 1.67 bits per heavy atom. The zero-order chi connectivity index (χ0) is 21.3. The smallest absolute Gasteiger partial charge is 0.347 e.